The third-order valence-corrected chi connectivity index (χ3v) is 7.48. The number of carbonyl (C=O) groups is 3. The summed E-state index contributed by atoms with van der Waals surface area (Å²) >= 11 is 0. The van der Waals surface area contributed by atoms with Gasteiger partial charge in [-0.2, -0.15) is 0 Å². The van der Waals surface area contributed by atoms with Crippen LogP contribution in [-0.2, 0) is 16.0 Å². The summed E-state index contributed by atoms with van der Waals surface area (Å²) in [5, 5.41) is 1.02. The number of H-pyrrole nitrogens is 1. The van der Waals surface area contributed by atoms with Gasteiger partial charge in [-0.3, -0.25) is 9.69 Å². The Morgan fingerprint density at radius 1 is 0.974 bits per heavy atom. The predicted octanol–water partition coefficient (Wildman–Crippen LogP) is 4.21. The molecule has 1 N–H and O–H groups in total. The number of imide groups is 1. The number of carbonyl (C=O) groups excluding carboxylic acids is 3. The second-order valence-electron chi connectivity index (χ2n) is 9.49. The van der Waals surface area contributed by atoms with Gasteiger partial charge in [-0.15, -0.1) is 0 Å². The summed E-state index contributed by atoms with van der Waals surface area (Å²) < 4.78 is 16.2. The van der Waals surface area contributed by atoms with E-state index in [-0.39, 0.29) is 5.91 Å². The third-order valence-electron chi connectivity index (χ3n) is 7.48. The van der Waals surface area contributed by atoms with E-state index in [1.54, 1.807) is 47.4 Å². The van der Waals surface area contributed by atoms with Gasteiger partial charge in [0.25, 0.3) is 5.91 Å². The van der Waals surface area contributed by atoms with Crippen LogP contribution < -0.4 is 14.4 Å². The van der Waals surface area contributed by atoms with Crippen LogP contribution in [0.1, 0.15) is 33.2 Å². The number of hydrogen-bond acceptors (Lipinski definition) is 6. The minimum Gasteiger partial charge on any atom is -0.486 e. The first-order chi connectivity index (χ1) is 18.5. The van der Waals surface area contributed by atoms with Crippen molar-refractivity contribution in [2.45, 2.75) is 18.5 Å². The van der Waals surface area contributed by atoms with E-state index in [0.717, 1.165) is 27.7 Å². The van der Waals surface area contributed by atoms with Gasteiger partial charge in [0.2, 0.25) is 0 Å². The highest BCUT2D eigenvalue weighted by Gasteiger charge is 2.53. The molecule has 0 bridgehead atoms. The van der Waals surface area contributed by atoms with Crippen molar-refractivity contribution in [1.82, 2.24) is 9.88 Å². The Labute approximate surface area is 217 Å². The number of benzene rings is 3. The molecule has 0 spiro atoms. The SMILES string of the molecule is COC(=O)c1ccc(C2c3[nH]c4ccccc4c3C[C@H]3C(=O)N(c4ccc5c(c4)OCCO5)C(=O)N23)cc1. The van der Waals surface area contributed by atoms with Gasteiger partial charge in [0.05, 0.1) is 18.4 Å². The summed E-state index contributed by atoms with van der Waals surface area (Å²) in [6, 6.07) is 18.3. The van der Waals surface area contributed by atoms with E-state index in [9.17, 15) is 14.4 Å². The fourth-order valence-corrected chi connectivity index (χ4v) is 5.75. The molecule has 3 aliphatic rings. The Bertz CT molecular complexity index is 1630. The van der Waals surface area contributed by atoms with Gasteiger partial charge in [-0.25, -0.2) is 14.5 Å². The summed E-state index contributed by atoms with van der Waals surface area (Å²) in [4.78, 5) is 46.3. The average Bonchev–Trinajstić information content (AvgIpc) is 3.45. The number of para-hydroxylation sites is 1. The molecular weight excluding hydrogens is 486 g/mol. The lowest BCUT2D eigenvalue weighted by Gasteiger charge is -2.36. The lowest BCUT2D eigenvalue weighted by atomic mass is 9.88. The lowest BCUT2D eigenvalue weighted by molar-refractivity contribution is -0.120. The molecule has 190 valence electrons. The monoisotopic (exact) mass is 509 g/mol. The molecule has 0 aliphatic carbocycles. The molecule has 1 unspecified atom stereocenters. The number of nitrogens with zero attached hydrogens (tertiary/aromatic N) is 2. The van der Waals surface area contributed by atoms with E-state index in [1.165, 1.54) is 12.0 Å². The van der Waals surface area contributed by atoms with Crippen molar-refractivity contribution >= 4 is 34.5 Å². The van der Waals surface area contributed by atoms with Gasteiger partial charge >= 0.3 is 12.0 Å². The third kappa shape index (κ3) is 3.21. The number of urea groups is 1. The number of hydrogen-bond donors (Lipinski definition) is 1. The smallest absolute Gasteiger partial charge is 0.337 e. The van der Waals surface area contributed by atoms with Gasteiger partial charge in [-0.05, 0) is 41.5 Å². The Morgan fingerprint density at radius 3 is 2.53 bits per heavy atom. The quantitative estimate of drug-likeness (QED) is 0.328. The number of anilines is 1. The number of amides is 3. The van der Waals surface area contributed by atoms with Crippen molar-refractivity contribution in [2.24, 2.45) is 0 Å². The van der Waals surface area contributed by atoms with Crippen LogP contribution in [0.15, 0.2) is 66.7 Å². The van der Waals surface area contributed by atoms with Crippen molar-refractivity contribution in [3.8, 4) is 11.5 Å². The number of ether oxygens (including phenoxy) is 3. The number of methoxy groups -OCH3 is 1. The van der Waals surface area contributed by atoms with E-state index >= 15 is 0 Å². The number of fused-ring (bicyclic) bond motifs is 5. The van der Waals surface area contributed by atoms with Crippen LogP contribution in [0.25, 0.3) is 10.9 Å². The molecule has 1 fully saturated rings. The molecule has 9 heteroatoms. The van der Waals surface area contributed by atoms with E-state index < -0.39 is 24.1 Å². The maximum absolute atomic E-state index is 14.0. The van der Waals surface area contributed by atoms with Crippen LogP contribution in [0.5, 0.6) is 11.5 Å². The molecule has 9 nitrogen and oxygen atoms in total. The van der Waals surface area contributed by atoms with E-state index in [0.29, 0.717) is 42.4 Å². The summed E-state index contributed by atoms with van der Waals surface area (Å²) in [5.41, 5.74) is 4.43. The van der Waals surface area contributed by atoms with Gasteiger partial charge < -0.3 is 19.2 Å². The Balaban J connectivity index is 1.35. The van der Waals surface area contributed by atoms with Gasteiger partial charge in [0.15, 0.2) is 11.5 Å². The summed E-state index contributed by atoms with van der Waals surface area (Å²) in [6.07, 6.45) is 0.391. The Hall–Kier alpha value is -4.79. The zero-order valence-corrected chi connectivity index (χ0v) is 20.5. The second-order valence-corrected chi connectivity index (χ2v) is 9.49. The summed E-state index contributed by atoms with van der Waals surface area (Å²) in [6.45, 7) is 0.852. The topological polar surface area (TPSA) is 101 Å². The highest BCUT2D eigenvalue weighted by molar-refractivity contribution is 6.22. The molecule has 0 radical (unpaired) electrons. The number of aromatic nitrogens is 1. The molecule has 7 rings (SSSR count). The molecule has 1 saturated heterocycles. The van der Waals surface area contributed by atoms with Crippen LogP contribution in [0.3, 0.4) is 0 Å². The first-order valence-corrected chi connectivity index (χ1v) is 12.4. The summed E-state index contributed by atoms with van der Waals surface area (Å²) in [7, 11) is 1.33. The average molecular weight is 510 g/mol. The molecule has 3 aromatic carbocycles. The lowest BCUT2D eigenvalue weighted by Crippen LogP contribution is -2.44. The highest BCUT2D eigenvalue weighted by atomic mass is 16.6. The van der Waals surface area contributed by atoms with Crippen molar-refractivity contribution in [2.75, 3.05) is 25.2 Å². The van der Waals surface area contributed by atoms with Crippen molar-refractivity contribution in [3.63, 3.8) is 0 Å². The first-order valence-electron chi connectivity index (χ1n) is 12.4. The number of rotatable bonds is 3. The zero-order valence-electron chi connectivity index (χ0n) is 20.5. The predicted molar refractivity (Wildman–Crippen MR) is 138 cm³/mol. The van der Waals surface area contributed by atoms with Crippen molar-refractivity contribution in [3.05, 3.63) is 89.1 Å². The molecule has 2 atom stereocenters. The Morgan fingerprint density at radius 2 is 1.74 bits per heavy atom. The molecule has 4 heterocycles. The van der Waals surface area contributed by atoms with E-state index in [1.807, 2.05) is 24.3 Å². The molecule has 0 saturated carbocycles. The Kier molecular flexibility index (Phi) is 4.94. The van der Waals surface area contributed by atoms with Gasteiger partial charge in [0, 0.05) is 29.1 Å². The molecule has 4 aromatic rings. The van der Waals surface area contributed by atoms with E-state index in [4.69, 9.17) is 14.2 Å². The van der Waals surface area contributed by atoms with Crippen molar-refractivity contribution < 1.29 is 28.6 Å². The van der Waals surface area contributed by atoms with Crippen LogP contribution in [0, 0.1) is 0 Å². The molecule has 1 aromatic heterocycles. The van der Waals surface area contributed by atoms with Gasteiger partial charge in [0.1, 0.15) is 25.3 Å². The zero-order chi connectivity index (χ0) is 26.0. The summed E-state index contributed by atoms with van der Waals surface area (Å²) in [5.74, 6) is 0.354. The minimum absolute atomic E-state index is 0.293. The first kappa shape index (κ1) is 22.4. The standard InChI is InChI=1S/C29H23N3O6/c1-36-28(34)17-8-6-16(7-9-17)26-25-20(19-4-2-3-5-21(19)30-25)15-22-27(33)31(29(35)32(22)26)18-10-11-23-24(14-18)38-13-12-37-23/h2-11,14,22,26,30H,12-13,15H2,1H3/t22-,26?/m0/s1. The van der Waals surface area contributed by atoms with Crippen LogP contribution in [0.4, 0.5) is 10.5 Å². The van der Waals surface area contributed by atoms with Crippen molar-refractivity contribution in [1.29, 1.82) is 0 Å². The fourth-order valence-electron chi connectivity index (χ4n) is 5.75. The number of aromatic amines is 1. The number of esters is 1. The molecular formula is C29H23N3O6. The van der Waals surface area contributed by atoms with E-state index in [2.05, 4.69) is 4.98 Å². The second kappa shape index (κ2) is 8.37. The normalized spacial score (nSPS) is 19.9. The molecule has 3 aliphatic heterocycles. The highest BCUT2D eigenvalue weighted by Crippen LogP contribution is 2.45. The fraction of sp³-hybridized carbons (Fsp3) is 0.207. The largest absolute Gasteiger partial charge is 0.486 e. The minimum atomic E-state index is -0.687. The maximum Gasteiger partial charge on any atom is 0.337 e. The molecule has 38 heavy (non-hydrogen) atoms. The van der Waals surface area contributed by atoms with Crippen LogP contribution >= 0.6 is 0 Å². The van der Waals surface area contributed by atoms with Crippen LogP contribution in [0.2, 0.25) is 0 Å². The number of nitrogens with one attached hydrogen (secondary N) is 1. The maximum atomic E-state index is 14.0. The van der Waals surface area contributed by atoms with Gasteiger partial charge in [-0.1, -0.05) is 30.3 Å². The molecule has 3 amide bonds. The van der Waals surface area contributed by atoms with Crippen LogP contribution in [-0.4, -0.2) is 54.2 Å².